The first-order chi connectivity index (χ1) is 9.53. The summed E-state index contributed by atoms with van der Waals surface area (Å²) >= 11 is 0. The molecule has 0 aromatic carbocycles. The van der Waals surface area contributed by atoms with Crippen molar-refractivity contribution in [1.82, 2.24) is 15.1 Å². The molecule has 1 saturated carbocycles. The quantitative estimate of drug-likeness (QED) is 0.836. The number of nitrogens with zero attached hydrogens (tertiary/aromatic N) is 2. The van der Waals surface area contributed by atoms with Gasteiger partial charge in [0.25, 0.3) is 0 Å². The van der Waals surface area contributed by atoms with Gasteiger partial charge in [0.05, 0.1) is 0 Å². The SMILES string of the molecule is CC(C)N1CCCC(NCC2(N(C)C)CCCC2)CC1. The minimum atomic E-state index is 0.435. The maximum absolute atomic E-state index is 3.92. The highest BCUT2D eigenvalue weighted by Crippen LogP contribution is 2.33. The third-order valence-corrected chi connectivity index (χ3v) is 5.70. The molecule has 1 aliphatic heterocycles. The Bertz CT molecular complexity index is 282. The van der Waals surface area contributed by atoms with Crippen LogP contribution in [0.25, 0.3) is 0 Å². The fraction of sp³-hybridized carbons (Fsp3) is 1.00. The molecular formula is C17H35N3. The van der Waals surface area contributed by atoms with E-state index in [0.717, 1.165) is 6.04 Å². The largest absolute Gasteiger partial charge is 0.312 e. The van der Waals surface area contributed by atoms with Gasteiger partial charge < -0.3 is 15.1 Å². The van der Waals surface area contributed by atoms with Crippen molar-refractivity contribution >= 4 is 0 Å². The van der Waals surface area contributed by atoms with Crippen LogP contribution in [-0.4, -0.2) is 61.2 Å². The maximum atomic E-state index is 3.92. The molecule has 0 aromatic heterocycles. The van der Waals surface area contributed by atoms with E-state index in [-0.39, 0.29) is 0 Å². The van der Waals surface area contributed by atoms with Crippen LogP contribution in [0.15, 0.2) is 0 Å². The molecule has 2 fully saturated rings. The highest BCUT2D eigenvalue weighted by Gasteiger charge is 2.36. The van der Waals surface area contributed by atoms with Crippen LogP contribution in [0.2, 0.25) is 0 Å². The van der Waals surface area contributed by atoms with Crippen LogP contribution < -0.4 is 5.32 Å². The van der Waals surface area contributed by atoms with Crippen LogP contribution in [-0.2, 0) is 0 Å². The summed E-state index contributed by atoms with van der Waals surface area (Å²) in [5, 5.41) is 3.92. The lowest BCUT2D eigenvalue weighted by molar-refractivity contribution is 0.147. The number of hydrogen-bond donors (Lipinski definition) is 1. The predicted octanol–water partition coefficient (Wildman–Crippen LogP) is 2.71. The first-order valence-electron chi connectivity index (χ1n) is 8.68. The minimum absolute atomic E-state index is 0.435. The van der Waals surface area contributed by atoms with Crippen molar-refractivity contribution in [3.05, 3.63) is 0 Å². The van der Waals surface area contributed by atoms with Crippen LogP contribution in [0.3, 0.4) is 0 Å². The topological polar surface area (TPSA) is 18.5 Å². The molecule has 0 bridgehead atoms. The van der Waals surface area contributed by atoms with Gasteiger partial charge in [0.15, 0.2) is 0 Å². The average Bonchev–Trinajstić information content (AvgIpc) is 2.76. The first kappa shape index (κ1) is 16.3. The summed E-state index contributed by atoms with van der Waals surface area (Å²) in [6.07, 6.45) is 9.59. The summed E-state index contributed by atoms with van der Waals surface area (Å²) in [6, 6.07) is 1.44. The van der Waals surface area contributed by atoms with Gasteiger partial charge in [-0.1, -0.05) is 12.8 Å². The zero-order chi connectivity index (χ0) is 14.6. The summed E-state index contributed by atoms with van der Waals surface area (Å²) < 4.78 is 0. The molecule has 0 spiro atoms. The molecule has 1 saturated heterocycles. The Hall–Kier alpha value is -0.120. The van der Waals surface area contributed by atoms with Crippen LogP contribution >= 0.6 is 0 Å². The average molecular weight is 281 g/mol. The Balaban J connectivity index is 1.81. The Labute approximate surface area is 126 Å². The Morgan fingerprint density at radius 3 is 2.40 bits per heavy atom. The third kappa shape index (κ3) is 3.96. The van der Waals surface area contributed by atoms with Crippen molar-refractivity contribution in [2.75, 3.05) is 33.7 Å². The van der Waals surface area contributed by atoms with Gasteiger partial charge in [-0.3, -0.25) is 0 Å². The van der Waals surface area contributed by atoms with E-state index in [0.29, 0.717) is 11.6 Å². The molecule has 0 amide bonds. The summed E-state index contributed by atoms with van der Waals surface area (Å²) in [7, 11) is 4.53. The van der Waals surface area contributed by atoms with Crippen LogP contribution in [0, 0.1) is 0 Å². The lowest BCUT2D eigenvalue weighted by atomic mass is 9.95. The van der Waals surface area contributed by atoms with E-state index in [1.54, 1.807) is 0 Å². The number of rotatable bonds is 5. The van der Waals surface area contributed by atoms with Gasteiger partial charge in [0.2, 0.25) is 0 Å². The summed E-state index contributed by atoms with van der Waals surface area (Å²) in [6.45, 7) is 8.39. The molecule has 0 radical (unpaired) electrons. The molecule has 1 atom stereocenters. The fourth-order valence-corrected chi connectivity index (χ4v) is 3.99. The Morgan fingerprint density at radius 1 is 1.10 bits per heavy atom. The molecule has 2 aliphatic rings. The van der Waals surface area contributed by atoms with Crippen LogP contribution in [0.1, 0.15) is 58.8 Å². The van der Waals surface area contributed by atoms with E-state index < -0.39 is 0 Å². The van der Waals surface area contributed by atoms with Crippen molar-refractivity contribution in [1.29, 1.82) is 0 Å². The lowest BCUT2D eigenvalue weighted by Gasteiger charge is -2.38. The van der Waals surface area contributed by atoms with Crippen molar-refractivity contribution in [3.8, 4) is 0 Å². The van der Waals surface area contributed by atoms with Crippen molar-refractivity contribution in [2.24, 2.45) is 0 Å². The van der Waals surface area contributed by atoms with Gasteiger partial charge >= 0.3 is 0 Å². The minimum Gasteiger partial charge on any atom is -0.312 e. The second-order valence-electron chi connectivity index (χ2n) is 7.46. The standard InChI is InChI=1S/C17H35N3/c1-15(2)20-12-7-8-16(9-13-20)18-14-17(19(3)4)10-5-6-11-17/h15-16,18H,5-14H2,1-4H3. The Morgan fingerprint density at radius 2 is 1.80 bits per heavy atom. The predicted molar refractivity (Wildman–Crippen MR) is 87.2 cm³/mol. The number of likely N-dealkylation sites (N-methyl/N-ethyl adjacent to an activating group) is 1. The first-order valence-corrected chi connectivity index (χ1v) is 8.68. The molecule has 1 aliphatic carbocycles. The smallest absolute Gasteiger partial charge is 0.0327 e. The van der Waals surface area contributed by atoms with Gasteiger partial charge in [-0.2, -0.15) is 0 Å². The summed E-state index contributed by atoms with van der Waals surface area (Å²) in [5.41, 5.74) is 0.435. The maximum Gasteiger partial charge on any atom is 0.0327 e. The van der Waals surface area contributed by atoms with Crippen LogP contribution in [0.4, 0.5) is 0 Å². The van der Waals surface area contributed by atoms with Gasteiger partial charge in [-0.25, -0.2) is 0 Å². The van der Waals surface area contributed by atoms with Gasteiger partial charge in [-0.05, 0) is 73.1 Å². The zero-order valence-electron chi connectivity index (χ0n) is 14.1. The van der Waals surface area contributed by atoms with E-state index in [4.69, 9.17) is 0 Å². The fourth-order valence-electron chi connectivity index (χ4n) is 3.99. The molecule has 118 valence electrons. The summed E-state index contributed by atoms with van der Waals surface area (Å²) in [4.78, 5) is 5.11. The molecular weight excluding hydrogens is 246 g/mol. The molecule has 20 heavy (non-hydrogen) atoms. The van der Waals surface area contributed by atoms with E-state index in [1.165, 1.54) is 64.6 Å². The van der Waals surface area contributed by atoms with Crippen molar-refractivity contribution in [2.45, 2.75) is 76.4 Å². The molecule has 1 N–H and O–H groups in total. The molecule has 1 unspecified atom stereocenters. The number of nitrogens with one attached hydrogen (secondary N) is 1. The zero-order valence-corrected chi connectivity index (χ0v) is 14.1. The normalized spacial score (nSPS) is 28.2. The monoisotopic (exact) mass is 281 g/mol. The van der Waals surface area contributed by atoms with Crippen LogP contribution in [0.5, 0.6) is 0 Å². The van der Waals surface area contributed by atoms with Crippen molar-refractivity contribution in [3.63, 3.8) is 0 Å². The molecule has 1 heterocycles. The highest BCUT2D eigenvalue weighted by molar-refractivity contribution is 4.95. The molecule has 3 heteroatoms. The molecule has 0 aromatic rings. The van der Waals surface area contributed by atoms with E-state index in [1.807, 2.05) is 0 Å². The number of likely N-dealkylation sites (tertiary alicyclic amines) is 1. The lowest BCUT2D eigenvalue weighted by Crippen LogP contribution is -2.51. The number of hydrogen-bond acceptors (Lipinski definition) is 3. The highest BCUT2D eigenvalue weighted by atomic mass is 15.2. The third-order valence-electron chi connectivity index (χ3n) is 5.70. The molecule has 2 rings (SSSR count). The van der Waals surface area contributed by atoms with Crippen molar-refractivity contribution < 1.29 is 0 Å². The van der Waals surface area contributed by atoms with E-state index >= 15 is 0 Å². The Kier molecular flexibility index (Phi) is 5.88. The second kappa shape index (κ2) is 7.24. The van der Waals surface area contributed by atoms with E-state index in [9.17, 15) is 0 Å². The van der Waals surface area contributed by atoms with E-state index in [2.05, 4.69) is 43.1 Å². The summed E-state index contributed by atoms with van der Waals surface area (Å²) in [5.74, 6) is 0. The van der Waals surface area contributed by atoms with Gasteiger partial charge in [0, 0.05) is 24.2 Å². The second-order valence-corrected chi connectivity index (χ2v) is 7.46. The van der Waals surface area contributed by atoms with Gasteiger partial charge in [0.1, 0.15) is 0 Å². The van der Waals surface area contributed by atoms with Gasteiger partial charge in [-0.15, -0.1) is 0 Å². The molecule has 3 nitrogen and oxygen atoms in total.